The fraction of sp³-hybridized carbons (Fsp3) is 0.111. The van der Waals surface area contributed by atoms with Gasteiger partial charge in [0.1, 0.15) is 0 Å². The van der Waals surface area contributed by atoms with Gasteiger partial charge in [0, 0.05) is 0 Å². The first-order chi connectivity index (χ1) is 19.8. The van der Waals surface area contributed by atoms with Gasteiger partial charge in [-0.3, -0.25) is 0 Å². The molecule has 1 aliphatic rings. The van der Waals surface area contributed by atoms with Crippen molar-refractivity contribution >= 4 is 72.6 Å². The quantitative estimate of drug-likeness (QED) is 0.0899. The van der Waals surface area contributed by atoms with E-state index in [0.717, 1.165) is 36.4 Å². The van der Waals surface area contributed by atoms with E-state index in [1.54, 1.807) is 0 Å². The summed E-state index contributed by atoms with van der Waals surface area (Å²) in [4.78, 5) is 0. The van der Waals surface area contributed by atoms with Crippen LogP contribution in [0.15, 0.2) is 72.8 Å². The second-order valence-corrected chi connectivity index (χ2v) is 18.7. The fourth-order valence-electron chi connectivity index (χ4n) is 4.65. The second-order valence-electron chi connectivity index (χ2n) is 9.19. The van der Waals surface area contributed by atoms with Crippen LogP contribution in [0.1, 0.15) is 16.7 Å². The summed E-state index contributed by atoms with van der Waals surface area (Å²) in [5.41, 5.74) is -3.29. The zero-order valence-corrected chi connectivity index (χ0v) is 25.5. The Balaban J connectivity index is 1.93. The van der Waals surface area contributed by atoms with Crippen molar-refractivity contribution in [3.8, 4) is 11.5 Å². The molecule has 1 heterocycles. The van der Waals surface area contributed by atoms with Gasteiger partial charge in [0.05, 0.1) is 0 Å². The van der Waals surface area contributed by atoms with Crippen LogP contribution in [0.2, 0.25) is 20.1 Å². The van der Waals surface area contributed by atoms with Gasteiger partial charge in [0.15, 0.2) is 0 Å². The Morgan fingerprint density at radius 2 is 0.628 bits per heavy atom. The number of hydrogen-bond acceptors (Lipinski definition) is 2. The van der Waals surface area contributed by atoms with Crippen LogP contribution in [0, 0.1) is 0 Å². The number of alkyl halides is 9. The molecule has 0 aromatic heterocycles. The molecule has 2 nitrogen and oxygen atoms in total. The maximum atomic E-state index is 13.5. The topological polar surface area (TPSA) is 18.5 Å². The van der Waals surface area contributed by atoms with E-state index in [0.29, 0.717) is 36.4 Å². The normalized spacial score (nSPS) is 16.9. The Labute approximate surface area is 258 Å². The van der Waals surface area contributed by atoms with E-state index in [1.807, 2.05) is 0 Å². The molecule has 16 heteroatoms. The monoisotopic (exact) mass is 754 g/mol. The fourth-order valence-corrected chi connectivity index (χ4v) is 15.6. The molecular weight excluding hydrogens is 744 g/mol. The summed E-state index contributed by atoms with van der Waals surface area (Å²) in [6.07, 6.45) is -14.4. The third-order valence-electron chi connectivity index (χ3n) is 6.70. The van der Waals surface area contributed by atoms with Crippen LogP contribution in [0.5, 0.6) is 11.5 Å². The zero-order chi connectivity index (χ0) is 31.8. The number of rotatable bonds is 3. The summed E-state index contributed by atoms with van der Waals surface area (Å²) in [7, 11) is 0. The van der Waals surface area contributed by atoms with E-state index in [9.17, 15) is 39.5 Å². The Hall–Kier alpha value is -2.43. The molecule has 0 N–H and O–H groups in total. The van der Waals surface area contributed by atoms with E-state index < -0.39 is 48.4 Å². The van der Waals surface area contributed by atoms with Crippen molar-refractivity contribution in [3.05, 3.63) is 110 Å². The van der Waals surface area contributed by atoms with Crippen molar-refractivity contribution in [3.63, 3.8) is 0 Å². The SMILES string of the molecule is FC(F)(F)c1ccc([As]2(c3ccc(C(F)(F)F)cc3)(c3ccc(C(F)(F)F)cc3)Oc3c(Cl)c(Cl)c(Cl)c(Cl)c3O2)cc1. The Bertz CT molecular complexity index is 1540. The molecule has 0 amide bonds. The maximum absolute atomic E-state index is 13.5. The van der Waals surface area contributed by atoms with Crippen molar-refractivity contribution in [1.29, 1.82) is 0 Å². The average Bonchev–Trinajstić information content (AvgIpc) is 3.33. The minimum absolute atomic E-state index is 0.137. The molecule has 4 aromatic carbocycles. The second kappa shape index (κ2) is 10.3. The van der Waals surface area contributed by atoms with Gasteiger partial charge in [-0.1, -0.05) is 0 Å². The molecule has 1 aliphatic heterocycles. The van der Waals surface area contributed by atoms with E-state index in [4.69, 9.17) is 53.9 Å². The van der Waals surface area contributed by atoms with Gasteiger partial charge < -0.3 is 0 Å². The van der Waals surface area contributed by atoms with Crippen molar-refractivity contribution in [2.75, 3.05) is 0 Å². The van der Waals surface area contributed by atoms with Crippen LogP contribution in [-0.2, 0) is 18.5 Å². The van der Waals surface area contributed by atoms with Crippen LogP contribution in [0.25, 0.3) is 0 Å². The van der Waals surface area contributed by atoms with Gasteiger partial charge in [0.25, 0.3) is 0 Å². The van der Waals surface area contributed by atoms with Crippen LogP contribution in [0.3, 0.4) is 0 Å². The molecule has 0 aliphatic carbocycles. The zero-order valence-electron chi connectivity index (χ0n) is 20.6. The first-order valence-electron chi connectivity index (χ1n) is 11.6. The van der Waals surface area contributed by atoms with E-state index in [-0.39, 0.29) is 44.6 Å². The Morgan fingerprint density at radius 1 is 0.395 bits per heavy atom. The number of halogens is 13. The summed E-state index contributed by atoms with van der Waals surface area (Å²) < 4.78 is 134. The first kappa shape index (κ1) is 32.0. The van der Waals surface area contributed by atoms with Crippen molar-refractivity contribution in [1.82, 2.24) is 0 Å². The summed E-state index contributed by atoms with van der Waals surface area (Å²) in [5, 5.41) is -1.34. The van der Waals surface area contributed by atoms with Crippen LogP contribution in [0.4, 0.5) is 39.5 Å². The van der Waals surface area contributed by atoms with Gasteiger partial charge in [0.2, 0.25) is 0 Å². The van der Waals surface area contributed by atoms with E-state index >= 15 is 0 Å². The van der Waals surface area contributed by atoms with Crippen molar-refractivity contribution < 1.29 is 47.0 Å². The molecule has 0 saturated carbocycles. The molecule has 0 unspecified atom stereocenters. The third kappa shape index (κ3) is 5.01. The summed E-state index contributed by atoms with van der Waals surface area (Å²) >= 11 is 19.1. The molecular formula is C27H12AsCl4F9O2. The molecule has 0 radical (unpaired) electrons. The molecule has 43 heavy (non-hydrogen) atoms. The molecule has 0 saturated heterocycles. The molecule has 0 fully saturated rings. The number of fused-ring (bicyclic) bond motifs is 1. The van der Waals surface area contributed by atoms with E-state index in [1.165, 1.54) is 0 Å². The molecule has 0 bridgehead atoms. The summed E-state index contributed by atoms with van der Waals surface area (Å²) in [5.74, 6) is -0.710. The third-order valence-corrected chi connectivity index (χ3v) is 18.5. The van der Waals surface area contributed by atoms with Crippen LogP contribution < -0.4 is 20.5 Å². The summed E-state index contributed by atoms with van der Waals surface area (Å²) in [6.45, 7) is 0. The van der Waals surface area contributed by atoms with Gasteiger partial charge in [-0.05, 0) is 0 Å². The molecule has 4 aromatic rings. The van der Waals surface area contributed by atoms with Gasteiger partial charge in [-0.25, -0.2) is 0 Å². The predicted molar refractivity (Wildman–Crippen MR) is 147 cm³/mol. The standard InChI is InChI=1S/C27H12AsCl4F9O2/c29-19-20(30)22(32)24-23(21(19)31)42-28(43-24,16-7-1-13(2-8-16)25(33,34)35,17-9-3-14(4-10-17)26(36,37)38)18-11-5-15(6-12-18)27(39,40)41/h1-12H. The summed E-state index contributed by atoms with van der Waals surface area (Å²) in [6, 6.07) is 9.89. The van der Waals surface area contributed by atoms with Crippen molar-refractivity contribution in [2.24, 2.45) is 0 Å². The van der Waals surface area contributed by atoms with Crippen LogP contribution in [-0.4, -0.2) is 13.1 Å². The van der Waals surface area contributed by atoms with Gasteiger partial charge in [-0.2, -0.15) is 0 Å². The first-order valence-corrected chi connectivity index (χ1v) is 17.5. The minimum atomic E-state index is -6.22. The van der Waals surface area contributed by atoms with Crippen LogP contribution >= 0.6 is 46.4 Å². The van der Waals surface area contributed by atoms with Gasteiger partial charge in [-0.15, -0.1) is 0 Å². The van der Waals surface area contributed by atoms with Crippen molar-refractivity contribution in [2.45, 2.75) is 18.5 Å². The molecule has 0 spiro atoms. The molecule has 5 rings (SSSR count). The number of hydrogen-bond donors (Lipinski definition) is 0. The molecule has 228 valence electrons. The number of benzene rings is 4. The van der Waals surface area contributed by atoms with Gasteiger partial charge >= 0.3 is 259 Å². The Morgan fingerprint density at radius 3 is 0.837 bits per heavy atom. The van der Waals surface area contributed by atoms with E-state index in [2.05, 4.69) is 0 Å². The Kier molecular flexibility index (Phi) is 7.66. The predicted octanol–water partition coefficient (Wildman–Crippen LogP) is 9.25. The average molecular weight is 756 g/mol. The molecule has 0 atom stereocenters.